The summed E-state index contributed by atoms with van der Waals surface area (Å²) in [5.74, 6) is -2.17. The van der Waals surface area contributed by atoms with Crippen LogP contribution in [0.4, 0.5) is 8.78 Å². The number of hydrogen-bond donors (Lipinski definition) is 1. The van der Waals surface area contributed by atoms with Gasteiger partial charge in [-0.25, -0.2) is 0 Å². The quantitative estimate of drug-likeness (QED) is 0.807. The number of alkyl halides is 2. The minimum Gasteiger partial charge on any atom is -0.455 e. The van der Waals surface area contributed by atoms with Gasteiger partial charge in [0.2, 0.25) is 0 Å². The van der Waals surface area contributed by atoms with Crippen molar-refractivity contribution < 1.29 is 32.6 Å². The van der Waals surface area contributed by atoms with Crippen molar-refractivity contribution in [3.8, 4) is 5.75 Å². The first kappa shape index (κ1) is 16.9. The zero-order chi connectivity index (χ0) is 16.8. The van der Waals surface area contributed by atoms with Crippen molar-refractivity contribution >= 4 is 17.8 Å². The first-order valence-electron chi connectivity index (χ1n) is 7.01. The fourth-order valence-corrected chi connectivity index (χ4v) is 1.92. The number of benzene rings is 1. The van der Waals surface area contributed by atoms with Crippen molar-refractivity contribution in [3.63, 3.8) is 0 Å². The van der Waals surface area contributed by atoms with Crippen LogP contribution in [0.15, 0.2) is 24.3 Å². The third-order valence-corrected chi connectivity index (χ3v) is 3.38. The number of hydrogen-bond acceptors (Lipinski definition) is 5. The number of esters is 1. The summed E-state index contributed by atoms with van der Waals surface area (Å²) in [5, 5.41) is 2.04. The van der Waals surface area contributed by atoms with Crippen molar-refractivity contribution in [3.05, 3.63) is 29.8 Å². The average molecular weight is 327 g/mol. The molecular formula is C15H15F2NO5. The summed E-state index contributed by atoms with van der Waals surface area (Å²) in [7, 11) is 0. The third kappa shape index (κ3) is 5.01. The minimum atomic E-state index is -2.96. The fourth-order valence-electron chi connectivity index (χ4n) is 1.92. The minimum absolute atomic E-state index is 0.0882. The van der Waals surface area contributed by atoms with Crippen LogP contribution < -0.4 is 10.1 Å². The molecule has 1 aromatic carbocycles. The predicted octanol–water partition coefficient (Wildman–Crippen LogP) is 1.89. The molecule has 0 aliphatic heterocycles. The van der Waals surface area contributed by atoms with E-state index in [9.17, 15) is 23.2 Å². The molecule has 1 N–H and O–H groups in total. The first-order valence-corrected chi connectivity index (χ1v) is 7.01. The number of carbonyl (C=O) groups excluding carboxylic acids is 3. The molecule has 0 spiro atoms. The Labute approximate surface area is 130 Å². The maximum Gasteiger partial charge on any atom is 0.387 e. The van der Waals surface area contributed by atoms with Crippen LogP contribution in [-0.2, 0) is 14.3 Å². The summed E-state index contributed by atoms with van der Waals surface area (Å²) in [6, 6.07) is 4.84. The van der Waals surface area contributed by atoms with E-state index in [1.807, 2.05) is 5.32 Å². The van der Waals surface area contributed by atoms with E-state index >= 15 is 0 Å². The molecule has 0 atom stereocenters. The Morgan fingerprint density at radius 2 is 1.83 bits per heavy atom. The molecule has 23 heavy (non-hydrogen) atoms. The molecule has 1 aliphatic carbocycles. The Hall–Kier alpha value is -2.51. The molecule has 0 radical (unpaired) electrons. The fraction of sp³-hybridized carbons (Fsp3) is 0.400. The summed E-state index contributed by atoms with van der Waals surface area (Å²) < 4.78 is 32.9. The SMILES string of the molecule is O=C(COC(=O)C1CCC1)NC(=O)c1ccc(OC(F)F)cc1. The normalized spacial score (nSPS) is 14.0. The Balaban J connectivity index is 1.78. The van der Waals surface area contributed by atoms with E-state index in [0.29, 0.717) is 0 Å². The van der Waals surface area contributed by atoms with E-state index in [1.165, 1.54) is 24.3 Å². The lowest BCUT2D eigenvalue weighted by molar-refractivity contribution is -0.154. The van der Waals surface area contributed by atoms with Gasteiger partial charge in [-0.15, -0.1) is 0 Å². The van der Waals surface area contributed by atoms with Crippen LogP contribution in [0.3, 0.4) is 0 Å². The third-order valence-electron chi connectivity index (χ3n) is 3.38. The molecule has 0 unspecified atom stereocenters. The van der Waals surface area contributed by atoms with Gasteiger partial charge in [0.1, 0.15) is 5.75 Å². The Morgan fingerprint density at radius 3 is 2.35 bits per heavy atom. The molecule has 1 aromatic rings. The highest BCUT2D eigenvalue weighted by atomic mass is 19.3. The second-order valence-electron chi connectivity index (χ2n) is 5.02. The summed E-state index contributed by atoms with van der Waals surface area (Å²) in [6.45, 7) is -3.49. The van der Waals surface area contributed by atoms with Gasteiger partial charge < -0.3 is 9.47 Å². The van der Waals surface area contributed by atoms with Gasteiger partial charge in [0, 0.05) is 5.56 Å². The van der Waals surface area contributed by atoms with Crippen LogP contribution in [0.25, 0.3) is 0 Å². The molecule has 1 saturated carbocycles. The van der Waals surface area contributed by atoms with Crippen LogP contribution in [0.5, 0.6) is 5.75 Å². The Morgan fingerprint density at radius 1 is 1.17 bits per heavy atom. The van der Waals surface area contributed by atoms with Gasteiger partial charge in [-0.1, -0.05) is 6.42 Å². The van der Waals surface area contributed by atoms with E-state index in [1.54, 1.807) is 0 Å². The highest BCUT2D eigenvalue weighted by Gasteiger charge is 2.27. The highest BCUT2D eigenvalue weighted by molar-refractivity contribution is 6.05. The van der Waals surface area contributed by atoms with Crippen LogP contribution in [-0.4, -0.2) is 31.0 Å². The zero-order valence-corrected chi connectivity index (χ0v) is 12.1. The molecule has 8 heteroatoms. The van der Waals surface area contributed by atoms with Gasteiger partial charge in [-0.2, -0.15) is 8.78 Å². The number of amides is 2. The topological polar surface area (TPSA) is 81.7 Å². The average Bonchev–Trinajstić information content (AvgIpc) is 2.43. The van der Waals surface area contributed by atoms with Crippen molar-refractivity contribution in [1.29, 1.82) is 0 Å². The van der Waals surface area contributed by atoms with Gasteiger partial charge >= 0.3 is 12.6 Å². The molecule has 2 rings (SSSR count). The number of carbonyl (C=O) groups is 3. The lowest BCUT2D eigenvalue weighted by Gasteiger charge is -2.22. The highest BCUT2D eigenvalue weighted by Crippen LogP contribution is 2.27. The Bertz CT molecular complexity index is 584. The second-order valence-corrected chi connectivity index (χ2v) is 5.02. The first-order chi connectivity index (χ1) is 11.0. The summed E-state index contributed by atoms with van der Waals surface area (Å²) >= 11 is 0. The molecule has 0 heterocycles. The monoisotopic (exact) mass is 327 g/mol. The van der Waals surface area contributed by atoms with Gasteiger partial charge in [-0.05, 0) is 37.1 Å². The molecular weight excluding hydrogens is 312 g/mol. The van der Waals surface area contributed by atoms with Crippen molar-refractivity contribution in [2.45, 2.75) is 25.9 Å². The lowest BCUT2D eigenvalue weighted by atomic mass is 9.86. The van der Waals surface area contributed by atoms with Crippen LogP contribution in [0, 0.1) is 5.92 Å². The van der Waals surface area contributed by atoms with E-state index in [0.717, 1.165) is 19.3 Å². The molecule has 6 nitrogen and oxygen atoms in total. The molecule has 124 valence electrons. The van der Waals surface area contributed by atoms with Crippen molar-refractivity contribution in [2.75, 3.05) is 6.61 Å². The largest absolute Gasteiger partial charge is 0.455 e. The second kappa shape index (κ2) is 7.66. The van der Waals surface area contributed by atoms with Crippen molar-refractivity contribution in [2.24, 2.45) is 5.92 Å². The standard InChI is InChI=1S/C15H15F2NO5/c16-15(17)23-11-6-4-9(5-7-11)13(20)18-12(19)8-22-14(21)10-2-1-3-10/h4-7,10,15H,1-3,8H2,(H,18,19,20). The van der Waals surface area contributed by atoms with Gasteiger partial charge in [0.25, 0.3) is 11.8 Å². The molecule has 1 aliphatic rings. The zero-order valence-electron chi connectivity index (χ0n) is 12.1. The van der Waals surface area contributed by atoms with Crippen LogP contribution >= 0.6 is 0 Å². The number of nitrogens with one attached hydrogen (secondary N) is 1. The van der Waals surface area contributed by atoms with E-state index < -0.39 is 31.0 Å². The maximum absolute atomic E-state index is 12.0. The molecule has 2 amide bonds. The predicted molar refractivity (Wildman–Crippen MR) is 73.8 cm³/mol. The van der Waals surface area contributed by atoms with E-state index in [-0.39, 0.29) is 17.2 Å². The molecule has 0 aromatic heterocycles. The maximum atomic E-state index is 12.0. The number of imide groups is 1. The number of ether oxygens (including phenoxy) is 2. The smallest absolute Gasteiger partial charge is 0.387 e. The molecule has 0 saturated heterocycles. The van der Waals surface area contributed by atoms with Gasteiger partial charge in [0.15, 0.2) is 6.61 Å². The van der Waals surface area contributed by atoms with Crippen LogP contribution in [0.1, 0.15) is 29.6 Å². The lowest BCUT2D eigenvalue weighted by Crippen LogP contribution is -2.35. The van der Waals surface area contributed by atoms with Gasteiger partial charge in [0.05, 0.1) is 5.92 Å². The van der Waals surface area contributed by atoms with Crippen molar-refractivity contribution in [1.82, 2.24) is 5.32 Å². The Kier molecular flexibility index (Phi) is 5.61. The number of halogens is 2. The van der Waals surface area contributed by atoms with Crippen LogP contribution in [0.2, 0.25) is 0 Å². The molecule has 0 bridgehead atoms. The number of rotatable bonds is 6. The summed E-state index contributed by atoms with van der Waals surface area (Å²) in [5.41, 5.74) is 0.0882. The van der Waals surface area contributed by atoms with E-state index in [4.69, 9.17) is 4.74 Å². The summed E-state index contributed by atoms with van der Waals surface area (Å²) in [4.78, 5) is 34.8. The molecule has 1 fully saturated rings. The van der Waals surface area contributed by atoms with E-state index in [2.05, 4.69) is 4.74 Å². The van der Waals surface area contributed by atoms with Gasteiger partial charge in [-0.3, -0.25) is 19.7 Å². The summed E-state index contributed by atoms with van der Waals surface area (Å²) in [6.07, 6.45) is 2.48.